The Morgan fingerprint density at radius 3 is 1.29 bits per heavy atom. The number of benzene rings is 10. The predicted molar refractivity (Wildman–Crippen MR) is 442 cm³/mol. The zero-order valence-corrected chi connectivity index (χ0v) is 60.0. The van der Waals surface area contributed by atoms with Gasteiger partial charge in [0.05, 0.1) is 44.9 Å². The summed E-state index contributed by atoms with van der Waals surface area (Å²) < 4.78 is 0. The first kappa shape index (κ1) is 72.5. The van der Waals surface area contributed by atoms with Gasteiger partial charge in [0.2, 0.25) is 0 Å². The lowest BCUT2D eigenvalue weighted by molar-refractivity contribution is 1.17. The molecule has 0 radical (unpaired) electrons. The SMILES string of the molecule is C.CC=Cc1ccc(C)cc1.CNc1ccc(Nc2ccc(N=C3C=CC(=Nc4ccc(C)cc4)C=C3)cc2)cc1.Cc1cc(C)c2cccccc1-2.Cc1ccc(C)cc1.Cc1ccc2[nH]c3ccc(C)cc3c2c1.Cc1cccc(-c2nc3ccc(-c4ccc5nc(C)[nH]c5c4)cc3[nH]2)c1. The van der Waals surface area contributed by atoms with E-state index in [2.05, 4.69) is 298 Å². The van der Waals surface area contributed by atoms with Gasteiger partial charge < -0.3 is 25.6 Å². The number of allylic oxidation sites excluding steroid dienone is 5. The molecule has 510 valence electrons. The highest BCUT2D eigenvalue weighted by molar-refractivity contribution is 6.19. The van der Waals surface area contributed by atoms with Gasteiger partial charge in [-0.25, -0.2) is 20.0 Å². The molecule has 0 saturated carbocycles. The first-order valence-corrected chi connectivity index (χ1v) is 34.4. The molecular formula is C93H93N9. The number of hydrogen-bond acceptors (Lipinski definition) is 6. The average molecular weight is 1340 g/mol. The van der Waals surface area contributed by atoms with E-state index in [9.17, 15) is 0 Å². The van der Waals surface area contributed by atoms with E-state index in [0.29, 0.717) is 0 Å². The zero-order valence-electron chi connectivity index (χ0n) is 60.0. The van der Waals surface area contributed by atoms with Gasteiger partial charge in [-0.1, -0.05) is 198 Å². The number of nitrogens with one attached hydrogen (secondary N) is 5. The molecule has 3 aromatic heterocycles. The van der Waals surface area contributed by atoms with Crippen LogP contribution in [0.3, 0.4) is 0 Å². The number of aromatic amines is 3. The van der Waals surface area contributed by atoms with Crippen LogP contribution in [0.15, 0.2) is 295 Å². The summed E-state index contributed by atoms with van der Waals surface area (Å²) >= 11 is 0. The number of aliphatic imine (C=N–C) groups is 2. The quantitative estimate of drug-likeness (QED) is 0.0973. The van der Waals surface area contributed by atoms with Crippen molar-refractivity contribution in [1.29, 1.82) is 0 Å². The van der Waals surface area contributed by atoms with Crippen molar-refractivity contribution >= 4 is 89.8 Å². The van der Waals surface area contributed by atoms with Crippen LogP contribution in [0.4, 0.5) is 28.4 Å². The smallest absolute Gasteiger partial charge is 0.138 e. The van der Waals surface area contributed by atoms with Gasteiger partial charge in [-0.05, 0) is 255 Å². The minimum Gasteiger partial charge on any atom is -0.388 e. The average Bonchev–Trinajstić information content (AvgIpc) is 1.63. The van der Waals surface area contributed by atoms with E-state index in [-0.39, 0.29) is 7.43 Å². The molecule has 0 saturated heterocycles. The third-order valence-electron chi connectivity index (χ3n) is 17.3. The fourth-order valence-electron chi connectivity index (χ4n) is 11.8. The summed E-state index contributed by atoms with van der Waals surface area (Å²) in [5, 5.41) is 9.17. The van der Waals surface area contributed by atoms with Gasteiger partial charge in [0.1, 0.15) is 11.6 Å². The Labute approximate surface area is 602 Å². The lowest BCUT2D eigenvalue weighted by Gasteiger charge is -2.08. The van der Waals surface area contributed by atoms with Gasteiger partial charge in [0.25, 0.3) is 0 Å². The monoisotopic (exact) mass is 1340 g/mol. The van der Waals surface area contributed by atoms with Crippen LogP contribution < -0.4 is 10.6 Å². The van der Waals surface area contributed by atoms with Gasteiger partial charge in [0.15, 0.2) is 0 Å². The predicted octanol–water partition coefficient (Wildman–Crippen LogP) is 25.5. The van der Waals surface area contributed by atoms with Crippen LogP contribution in [-0.2, 0) is 0 Å². The topological polar surface area (TPSA) is 122 Å². The second-order valence-corrected chi connectivity index (χ2v) is 25.9. The van der Waals surface area contributed by atoms with Crippen molar-refractivity contribution in [3.8, 4) is 33.6 Å². The molecule has 0 aliphatic heterocycles. The fraction of sp³-hybridized carbons (Fsp3) is 0.140. The Bertz CT molecular complexity index is 5260. The number of imidazole rings is 2. The molecule has 0 amide bonds. The minimum atomic E-state index is 0. The summed E-state index contributed by atoms with van der Waals surface area (Å²) in [4.78, 5) is 28.7. The Balaban J connectivity index is 0.000000140. The molecule has 3 heterocycles. The molecule has 0 spiro atoms. The molecule has 3 aliphatic carbocycles. The fourth-order valence-corrected chi connectivity index (χ4v) is 11.8. The molecule has 0 fully saturated rings. The summed E-state index contributed by atoms with van der Waals surface area (Å²) in [6.07, 6.45) is 12.1. The van der Waals surface area contributed by atoms with Gasteiger partial charge in [0, 0.05) is 51.5 Å². The number of aromatic nitrogens is 5. The van der Waals surface area contributed by atoms with Crippen LogP contribution in [-0.4, -0.2) is 43.4 Å². The molecule has 16 rings (SSSR count). The third kappa shape index (κ3) is 19.8. The number of fused-ring (bicyclic) bond motifs is 6. The van der Waals surface area contributed by atoms with Crippen LogP contribution in [0.2, 0.25) is 0 Å². The largest absolute Gasteiger partial charge is 0.388 e. The number of hydrogen-bond donors (Lipinski definition) is 5. The van der Waals surface area contributed by atoms with Crippen molar-refractivity contribution in [1.82, 2.24) is 24.9 Å². The van der Waals surface area contributed by atoms with Crippen LogP contribution in [0.25, 0.3) is 83.6 Å². The van der Waals surface area contributed by atoms with Gasteiger partial charge in [-0.15, -0.1) is 0 Å². The molecule has 13 aromatic rings. The Kier molecular flexibility index (Phi) is 24.6. The highest BCUT2D eigenvalue weighted by Gasteiger charge is 2.11. The maximum absolute atomic E-state index is 4.74. The Morgan fingerprint density at radius 1 is 0.353 bits per heavy atom. The second kappa shape index (κ2) is 34.5. The Morgan fingerprint density at radius 2 is 0.794 bits per heavy atom. The number of anilines is 3. The number of H-pyrrole nitrogens is 3. The number of rotatable bonds is 8. The van der Waals surface area contributed by atoms with Crippen LogP contribution in [0.5, 0.6) is 0 Å². The summed E-state index contributed by atoms with van der Waals surface area (Å²) in [5.41, 5.74) is 32.6. The maximum Gasteiger partial charge on any atom is 0.138 e. The molecule has 9 heteroatoms. The highest BCUT2D eigenvalue weighted by Crippen LogP contribution is 2.32. The van der Waals surface area contributed by atoms with Crippen LogP contribution >= 0.6 is 0 Å². The van der Waals surface area contributed by atoms with Crippen molar-refractivity contribution in [2.45, 2.75) is 83.6 Å². The van der Waals surface area contributed by atoms with Gasteiger partial charge in [-0.3, -0.25) is 0 Å². The van der Waals surface area contributed by atoms with E-state index in [1.54, 1.807) is 0 Å². The first-order valence-electron chi connectivity index (χ1n) is 34.4. The summed E-state index contributed by atoms with van der Waals surface area (Å²) in [5.74, 6) is 1.84. The van der Waals surface area contributed by atoms with Crippen molar-refractivity contribution in [2.75, 3.05) is 17.7 Å². The van der Waals surface area contributed by atoms with Gasteiger partial charge in [-0.2, -0.15) is 0 Å². The zero-order chi connectivity index (χ0) is 70.8. The molecule has 102 heavy (non-hydrogen) atoms. The third-order valence-corrected chi connectivity index (χ3v) is 17.3. The summed E-state index contributed by atoms with van der Waals surface area (Å²) in [6, 6.07) is 88.4. The number of nitrogens with zero attached hydrogens (tertiary/aromatic N) is 4. The van der Waals surface area contributed by atoms with E-state index >= 15 is 0 Å². The summed E-state index contributed by atoms with van der Waals surface area (Å²) in [7, 11) is 1.91. The van der Waals surface area contributed by atoms with E-state index in [0.717, 1.165) is 90.3 Å². The standard InChI is InChI=1S/C26H24N4.C22H18N4.C14H13N.C12H12.C10H12.C8H10.CH4/c1-19-3-5-21(6-4-19)28-23-11-13-25(14-12-23)30-26-17-15-24(16-18-26)29-22-9-7-20(27-2)8-10-22;1-13-4-3-5-17(10-13)22-25-19-9-7-16(12-21(19)26-22)15-6-8-18-20(11-15)24-14(2)23-18;1-9-3-5-13-11(7-9)12-8-10(2)4-6-14(12)15-13;1-9-8-10(2)12-7-5-3-4-6-11(9)12;1-3-4-10-7-5-9(2)6-8-10;1-7-3-5-8(2)6-4-7;/h3-18,27,29H,1-2H3;3-12H,1-2H3,(H,23,24)(H,25,26);3-8,15H,1-2H3;3-8H,1-2H3;3-8H,1-2H3;3-6H,1-2H3;1H4. The van der Waals surface area contributed by atoms with Crippen molar-refractivity contribution in [3.63, 3.8) is 0 Å². The summed E-state index contributed by atoms with van der Waals surface area (Å²) in [6.45, 7) is 23.1. The van der Waals surface area contributed by atoms with Crippen molar-refractivity contribution in [3.05, 3.63) is 347 Å². The lowest BCUT2D eigenvalue weighted by atomic mass is 10.0. The number of aryl methyl sites for hydroxylation is 10. The van der Waals surface area contributed by atoms with E-state index in [1.807, 2.05) is 112 Å². The first-order chi connectivity index (χ1) is 49.0. The normalized spacial score (nSPS) is 11.3. The van der Waals surface area contributed by atoms with E-state index in [1.165, 1.54) is 88.6 Å². The molecule has 5 N–H and O–H groups in total. The molecule has 0 bridgehead atoms. The maximum atomic E-state index is 4.74. The molecule has 9 nitrogen and oxygen atoms in total. The molecule has 10 aromatic carbocycles. The van der Waals surface area contributed by atoms with E-state index in [4.69, 9.17) is 9.98 Å². The van der Waals surface area contributed by atoms with Crippen molar-refractivity contribution < 1.29 is 0 Å². The Hall–Kier alpha value is -12.2. The minimum absolute atomic E-state index is 0. The molecule has 0 atom stereocenters. The lowest BCUT2D eigenvalue weighted by Crippen LogP contribution is -1.99. The highest BCUT2D eigenvalue weighted by atomic mass is 14.9. The van der Waals surface area contributed by atoms with Crippen LogP contribution in [0, 0.1) is 69.2 Å². The van der Waals surface area contributed by atoms with Crippen molar-refractivity contribution in [2.24, 2.45) is 9.98 Å². The van der Waals surface area contributed by atoms with E-state index < -0.39 is 0 Å². The molecule has 3 aliphatic rings. The second-order valence-electron chi connectivity index (χ2n) is 25.9. The van der Waals surface area contributed by atoms with Crippen LogP contribution in [0.1, 0.15) is 75.8 Å². The van der Waals surface area contributed by atoms with Gasteiger partial charge >= 0.3 is 0 Å². The molecular weight excluding hydrogens is 1240 g/mol. The molecule has 0 unspecified atom stereocenters.